The minimum Gasteiger partial charge on any atom is -0.464 e. The first-order valence-corrected chi connectivity index (χ1v) is 5.67. The Bertz CT molecular complexity index is 364. The van der Waals surface area contributed by atoms with Gasteiger partial charge in [0, 0.05) is 6.20 Å². The molecule has 0 aromatic carbocycles. The highest BCUT2D eigenvalue weighted by molar-refractivity contribution is 9.10. The Hall–Kier alpha value is -1.30. The van der Waals surface area contributed by atoms with Gasteiger partial charge in [-0.05, 0) is 29.8 Å². The normalized spacial score (nSPS) is 11.9. The van der Waals surface area contributed by atoms with Gasteiger partial charge in [0.25, 0.3) is 0 Å². The molecule has 16 heavy (non-hydrogen) atoms. The predicted molar refractivity (Wildman–Crippen MR) is 66.1 cm³/mol. The number of nitrogens with two attached hydrogens (primary N) is 1. The summed E-state index contributed by atoms with van der Waals surface area (Å²) in [4.78, 5) is 15.3. The number of aromatic nitrogens is 1. The van der Waals surface area contributed by atoms with Crippen LogP contribution in [0.1, 0.15) is 13.8 Å². The lowest BCUT2D eigenvalue weighted by Gasteiger charge is -2.16. The predicted octanol–water partition coefficient (Wildman–Crippen LogP) is 1.79. The van der Waals surface area contributed by atoms with Gasteiger partial charge in [0.05, 0.1) is 28.7 Å². The third-order valence-corrected chi connectivity index (χ3v) is 2.53. The summed E-state index contributed by atoms with van der Waals surface area (Å²) in [5.74, 6) is -0.314. The number of rotatable bonds is 4. The van der Waals surface area contributed by atoms with Crippen LogP contribution in [-0.4, -0.2) is 23.6 Å². The van der Waals surface area contributed by atoms with Gasteiger partial charge in [-0.3, -0.25) is 4.98 Å². The van der Waals surface area contributed by atoms with Crippen LogP contribution in [0.15, 0.2) is 16.9 Å². The average molecular weight is 288 g/mol. The molecule has 1 heterocycles. The van der Waals surface area contributed by atoms with Crippen LogP contribution in [0.4, 0.5) is 11.4 Å². The maximum atomic E-state index is 11.4. The summed E-state index contributed by atoms with van der Waals surface area (Å²) >= 11 is 3.31. The number of carbonyl (C=O) groups excluding carboxylic acids is 1. The Kier molecular flexibility index (Phi) is 4.54. The topological polar surface area (TPSA) is 77.2 Å². The maximum absolute atomic E-state index is 11.4. The van der Waals surface area contributed by atoms with Gasteiger partial charge in [-0.1, -0.05) is 0 Å². The zero-order chi connectivity index (χ0) is 12.1. The zero-order valence-corrected chi connectivity index (χ0v) is 10.7. The fraction of sp³-hybridized carbons (Fsp3) is 0.400. The van der Waals surface area contributed by atoms with Crippen molar-refractivity contribution in [3.8, 4) is 0 Å². The van der Waals surface area contributed by atoms with Crippen molar-refractivity contribution in [3.05, 3.63) is 16.9 Å². The lowest BCUT2D eigenvalue weighted by Crippen LogP contribution is -2.28. The van der Waals surface area contributed by atoms with E-state index in [0.717, 1.165) is 0 Å². The summed E-state index contributed by atoms with van der Waals surface area (Å²) in [6, 6.07) is -0.457. The summed E-state index contributed by atoms with van der Waals surface area (Å²) in [5, 5.41) is 2.98. The lowest BCUT2D eigenvalue weighted by atomic mass is 10.3. The van der Waals surface area contributed by atoms with Crippen LogP contribution in [0.3, 0.4) is 0 Å². The molecule has 6 heteroatoms. The van der Waals surface area contributed by atoms with Crippen molar-refractivity contribution in [3.63, 3.8) is 0 Å². The van der Waals surface area contributed by atoms with Crippen LogP contribution in [0.25, 0.3) is 0 Å². The number of halogens is 1. The minimum absolute atomic E-state index is 0.314. The largest absolute Gasteiger partial charge is 0.464 e. The first kappa shape index (κ1) is 12.8. The second-order valence-corrected chi connectivity index (χ2v) is 4.06. The molecule has 0 aliphatic rings. The van der Waals surface area contributed by atoms with E-state index in [0.29, 0.717) is 22.5 Å². The Labute approximate surface area is 103 Å². The molecule has 1 rings (SSSR count). The quantitative estimate of drug-likeness (QED) is 0.826. The van der Waals surface area contributed by atoms with Crippen LogP contribution >= 0.6 is 15.9 Å². The van der Waals surface area contributed by atoms with E-state index in [1.807, 2.05) is 0 Å². The number of nitrogen functional groups attached to an aromatic ring is 1. The minimum atomic E-state index is -0.457. The highest BCUT2D eigenvalue weighted by Gasteiger charge is 2.16. The van der Waals surface area contributed by atoms with Gasteiger partial charge in [-0.15, -0.1) is 0 Å². The van der Waals surface area contributed by atoms with Gasteiger partial charge in [-0.2, -0.15) is 0 Å². The molecule has 1 aromatic rings. The molecular formula is C10H14BrN3O2. The van der Waals surface area contributed by atoms with E-state index in [1.54, 1.807) is 20.0 Å². The van der Waals surface area contributed by atoms with Gasteiger partial charge in [-0.25, -0.2) is 4.79 Å². The molecule has 88 valence electrons. The Morgan fingerprint density at radius 2 is 2.38 bits per heavy atom. The third-order valence-electron chi connectivity index (χ3n) is 1.93. The van der Waals surface area contributed by atoms with E-state index in [-0.39, 0.29) is 5.97 Å². The van der Waals surface area contributed by atoms with E-state index in [2.05, 4.69) is 26.2 Å². The van der Waals surface area contributed by atoms with Crippen molar-refractivity contribution >= 4 is 33.3 Å². The number of nitrogens with zero attached hydrogens (tertiary/aromatic N) is 1. The first-order chi connectivity index (χ1) is 7.56. The van der Waals surface area contributed by atoms with Gasteiger partial charge in [0.2, 0.25) is 0 Å². The third kappa shape index (κ3) is 3.10. The second kappa shape index (κ2) is 5.69. The van der Waals surface area contributed by atoms with Crippen molar-refractivity contribution in [2.24, 2.45) is 0 Å². The summed E-state index contributed by atoms with van der Waals surface area (Å²) in [5.41, 5.74) is 6.86. The van der Waals surface area contributed by atoms with E-state index < -0.39 is 6.04 Å². The average Bonchev–Trinajstić information content (AvgIpc) is 2.23. The van der Waals surface area contributed by atoms with Gasteiger partial charge in [0.15, 0.2) is 0 Å². The monoisotopic (exact) mass is 287 g/mol. The fourth-order valence-corrected chi connectivity index (χ4v) is 1.61. The summed E-state index contributed by atoms with van der Waals surface area (Å²) in [6.45, 7) is 3.84. The molecule has 0 fully saturated rings. The van der Waals surface area contributed by atoms with Crippen molar-refractivity contribution in [2.45, 2.75) is 19.9 Å². The van der Waals surface area contributed by atoms with Gasteiger partial charge < -0.3 is 15.8 Å². The molecule has 0 aliphatic heterocycles. The Morgan fingerprint density at radius 3 is 2.94 bits per heavy atom. The summed E-state index contributed by atoms with van der Waals surface area (Å²) in [7, 11) is 0. The molecule has 1 atom stereocenters. The van der Waals surface area contributed by atoms with Gasteiger partial charge in [0.1, 0.15) is 6.04 Å². The SMILES string of the molecule is CCOC(=O)C(C)Nc1c(N)cncc1Br. The van der Waals surface area contributed by atoms with Crippen molar-refractivity contribution < 1.29 is 9.53 Å². The number of esters is 1. The van der Waals surface area contributed by atoms with Gasteiger partial charge >= 0.3 is 5.97 Å². The molecule has 5 nitrogen and oxygen atoms in total. The Morgan fingerprint density at radius 1 is 1.69 bits per heavy atom. The van der Waals surface area contributed by atoms with E-state index in [9.17, 15) is 4.79 Å². The van der Waals surface area contributed by atoms with E-state index in [1.165, 1.54) is 6.20 Å². The molecule has 0 radical (unpaired) electrons. The second-order valence-electron chi connectivity index (χ2n) is 3.20. The molecular weight excluding hydrogens is 274 g/mol. The highest BCUT2D eigenvalue weighted by atomic mass is 79.9. The highest BCUT2D eigenvalue weighted by Crippen LogP contribution is 2.27. The van der Waals surface area contributed by atoms with Crippen LogP contribution in [0.5, 0.6) is 0 Å². The number of nitrogens with one attached hydrogen (secondary N) is 1. The van der Waals surface area contributed by atoms with Crippen LogP contribution in [-0.2, 0) is 9.53 Å². The summed E-state index contributed by atoms with van der Waals surface area (Å²) in [6.07, 6.45) is 3.13. The number of carbonyl (C=O) groups is 1. The molecule has 3 N–H and O–H groups in total. The maximum Gasteiger partial charge on any atom is 0.328 e. The van der Waals surface area contributed by atoms with E-state index >= 15 is 0 Å². The van der Waals surface area contributed by atoms with Crippen LogP contribution < -0.4 is 11.1 Å². The number of anilines is 2. The summed E-state index contributed by atoms with van der Waals surface area (Å²) < 4.78 is 5.59. The smallest absolute Gasteiger partial charge is 0.328 e. The fourth-order valence-electron chi connectivity index (χ4n) is 1.14. The Balaban J connectivity index is 2.76. The molecule has 0 spiro atoms. The molecule has 0 aliphatic carbocycles. The van der Waals surface area contributed by atoms with Crippen molar-refractivity contribution in [2.75, 3.05) is 17.7 Å². The molecule has 0 amide bonds. The molecule has 1 aromatic heterocycles. The molecule has 1 unspecified atom stereocenters. The van der Waals surface area contributed by atoms with Crippen molar-refractivity contribution in [1.29, 1.82) is 0 Å². The van der Waals surface area contributed by atoms with E-state index in [4.69, 9.17) is 10.5 Å². The number of hydrogen-bond acceptors (Lipinski definition) is 5. The zero-order valence-electron chi connectivity index (χ0n) is 9.16. The number of hydrogen-bond donors (Lipinski definition) is 2. The molecule has 0 saturated heterocycles. The lowest BCUT2D eigenvalue weighted by molar-refractivity contribution is -0.143. The molecule has 0 saturated carbocycles. The number of ether oxygens (including phenoxy) is 1. The number of pyridine rings is 1. The van der Waals surface area contributed by atoms with Crippen molar-refractivity contribution in [1.82, 2.24) is 4.98 Å². The van der Waals surface area contributed by atoms with Crippen LogP contribution in [0, 0.1) is 0 Å². The molecule has 0 bridgehead atoms. The first-order valence-electron chi connectivity index (χ1n) is 4.88. The van der Waals surface area contributed by atoms with Crippen LogP contribution in [0.2, 0.25) is 0 Å². The standard InChI is InChI=1S/C10H14BrN3O2/c1-3-16-10(15)6(2)14-9-7(11)4-13-5-8(9)12/h4-6H,3,12H2,1-2H3,(H,13,14).